The van der Waals surface area contributed by atoms with Crippen LogP contribution < -0.4 is 5.73 Å². The zero-order valence-corrected chi connectivity index (χ0v) is 13.4. The van der Waals surface area contributed by atoms with Gasteiger partial charge in [0.05, 0.1) is 0 Å². The molecule has 2 radical (unpaired) electrons. The molecule has 1 atom stereocenters. The summed E-state index contributed by atoms with van der Waals surface area (Å²) in [5, 5.41) is 0. The standard InChI is InChI=1S/C6H14N.C3H7O.BrH.Sn/c1-3-4-5-6(2)7;1-3(2)4;;/h6H,1,3-5,7H2,2H3;3H,1-2H3;1H;/q;-1;;+1. The average molecular weight is 359 g/mol. The van der Waals surface area contributed by atoms with Crippen molar-refractivity contribution >= 4 is 38.5 Å². The molecule has 0 amide bonds. The number of rotatable bonds is 7. The molecule has 0 aliphatic carbocycles. The molecule has 0 heterocycles. The Morgan fingerprint density at radius 3 is 2.31 bits per heavy atom. The third kappa shape index (κ3) is 15.9. The molecule has 0 rings (SSSR count). The number of unbranched alkanes of at least 4 members (excludes halogenated alkanes) is 1. The maximum atomic E-state index is 5.64. The van der Waals surface area contributed by atoms with E-state index in [1.54, 1.807) is 0 Å². The fourth-order valence-electron chi connectivity index (χ4n) is 0.889. The number of hydrogen-bond donors (Lipinski definition) is 1. The van der Waals surface area contributed by atoms with Gasteiger partial charge in [-0.1, -0.05) is 0 Å². The molecule has 0 bridgehead atoms. The molecule has 0 aromatic heterocycles. The Morgan fingerprint density at radius 1 is 1.23 bits per heavy atom. The van der Waals surface area contributed by atoms with Crippen molar-refractivity contribution in [2.24, 2.45) is 5.73 Å². The second-order valence-corrected chi connectivity index (χ2v) is 6.46. The normalized spacial score (nSPS) is 12.7. The Bertz CT molecular complexity index is 89.6. The number of halogens is 1. The first kappa shape index (κ1) is 16.6. The fraction of sp³-hybridized carbons (Fsp3) is 1.00. The quantitative estimate of drug-likeness (QED) is 0.560. The average Bonchev–Trinajstić information content (AvgIpc) is 1.95. The van der Waals surface area contributed by atoms with Gasteiger partial charge in [-0.3, -0.25) is 0 Å². The van der Waals surface area contributed by atoms with E-state index in [1.807, 2.05) is 0 Å². The van der Waals surface area contributed by atoms with Gasteiger partial charge < -0.3 is 0 Å². The molecule has 1 unspecified atom stereocenters. The van der Waals surface area contributed by atoms with E-state index in [0.717, 1.165) is 0 Å². The first-order chi connectivity index (χ1) is 5.63. The Balaban J connectivity index is 0. The van der Waals surface area contributed by atoms with Crippen LogP contribution in [-0.4, -0.2) is 33.7 Å². The van der Waals surface area contributed by atoms with Crippen molar-refractivity contribution in [3.63, 3.8) is 0 Å². The van der Waals surface area contributed by atoms with Crippen molar-refractivity contribution < 1.29 is 3.07 Å². The Morgan fingerprint density at radius 2 is 1.85 bits per heavy atom. The maximum absolute atomic E-state index is 5.64. The monoisotopic (exact) mass is 359 g/mol. The summed E-state index contributed by atoms with van der Waals surface area (Å²) < 4.78 is 6.93. The van der Waals surface area contributed by atoms with E-state index in [0.29, 0.717) is 12.1 Å². The second-order valence-electron chi connectivity index (χ2n) is 3.53. The van der Waals surface area contributed by atoms with Crippen molar-refractivity contribution in [3.8, 4) is 0 Å². The Kier molecular flexibility index (Phi) is 14.4. The third-order valence-electron chi connectivity index (χ3n) is 1.51. The number of hydrogen-bond acceptors (Lipinski definition) is 2. The first-order valence-corrected chi connectivity index (χ1v) is 7.95. The summed E-state index contributed by atoms with van der Waals surface area (Å²) in [6.07, 6.45) is 4.21. The van der Waals surface area contributed by atoms with E-state index in [4.69, 9.17) is 8.81 Å². The minimum atomic E-state index is -0.473. The van der Waals surface area contributed by atoms with Crippen LogP contribution in [0.3, 0.4) is 0 Å². The molecule has 0 spiro atoms. The van der Waals surface area contributed by atoms with E-state index < -0.39 is 21.6 Å². The Hall–Kier alpha value is 1.20. The molecular weight excluding hydrogens is 337 g/mol. The van der Waals surface area contributed by atoms with Crippen LogP contribution in [0.2, 0.25) is 4.44 Å². The van der Waals surface area contributed by atoms with E-state index in [9.17, 15) is 0 Å². The van der Waals surface area contributed by atoms with Crippen LogP contribution in [0.4, 0.5) is 0 Å². The SMILES string of the molecule is Br.CC(N)CCC[CH2][Sn][O]C(C)C. The molecule has 0 saturated carbocycles. The summed E-state index contributed by atoms with van der Waals surface area (Å²) in [6.45, 7) is 6.30. The number of nitrogens with two attached hydrogens (primary N) is 1. The molecule has 2 nitrogen and oxygen atoms in total. The summed E-state index contributed by atoms with van der Waals surface area (Å²) in [5.41, 5.74) is 5.64. The molecule has 0 aliphatic rings. The van der Waals surface area contributed by atoms with Gasteiger partial charge in [0.2, 0.25) is 0 Å². The van der Waals surface area contributed by atoms with Gasteiger partial charge in [0.15, 0.2) is 0 Å². The van der Waals surface area contributed by atoms with Gasteiger partial charge in [0, 0.05) is 0 Å². The van der Waals surface area contributed by atoms with Gasteiger partial charge in [-0.15, -0.1) is 17.0 Å². The van der Waals surface area contributed by atoms with Crippen LogP contribution in [0.5, 0.6) is 0 Å². The summed E-state index contributed by atoms with van der Waals surface area (Å²) >= 11 is -0.473. The van der Waals surface area contributed by atoms with E-state index in [2.05, 4.69) is 20.8 Å². The molecule has 2 N–H and O–H groups in total. The first-order valence-electron chi connectivity index (χ1n) is 4.77. The van der Waals surface area contributed by atoms with Crippen molar-refractivity contribution in [1.29, 1.82) is 0 Å². The van der Waals surface area contributed by atoms with Crippen LogP contribution in [-0.2, 0) is 3.07 Å². The molecule has 0 aliphatic heterocycles. The molecule has 13 heavy (non-hydrogen) atoms. The van der Waals surface area contributed by atoms with Crippen molar-refractivity contribution in [1.82, 2.24) is 0 Å². The molecule has 0 fully saturated rings. The van der Waals surface area contributed by atoms with Gasteiger partial charge >= 0.3 is 87.0 Å². The second kappa shape index (κ2) is 11.3. The zero-order valence-electron chi connectivity index (χ0n) is 8.88. The van der Waals surface area contributed by atoms with Gasteiger partial charge in [-0.2, -0.15) is 0 Å². The minimum absolute atomic E-state index is 0. The van der Waals surface area contributed by atoms with Crippen LogP contribution in [0.25, 0.3) is 0 Å². The van der Waals surface area contributed by atoms with Crippen molar-refractivity contribution in [3.05, 3.63) is 0 Å². The van der Waals surface area contributed by atoms with Crippen molar-refractivity contribution in [2.45, 2.75) is 56.6 Å². The molecule has 4 heteroatoms. The third-order valence-corrected chi connectivity index (χ3v) is 4.92. The molecule has 80 valence electrons. The van der Waals surface area contributed by atoms with Gasteiger partial charge in [-0.25, -0.2) is 0 Å². The van der Waals surface area contributed by atoms with Gasteiger partial charge in [0.25, 0.3) is 0 Å². The molecular formula is C9H22BrNOSn. The predicted molar refractivity (Wildman–Crippen MR) is 64.6 cm³/mol. The van der Waals surface area contributed by atoms with Crippen molar-refractivity contribution in [2.75, 3.05) is 0 Å². The summed E-state index contributed by atoms with van der Waals surface area (Å²) in [7, 11) is 0. The van der Waals surface area contributed by atoms with E-state index in [1.165, 1.54) is 23.7 Å². The van der Waals surface area contributed by atoms with E-state index >= 15 is 0 Å². The summed E-state index contributed by atoms with van der Waals surface area (Å²) in [6, 6.07) is 0.376. The molecule has 0 aromatic carbocycles. The predicted octanol–water partition coefficient (Wildman–Crippen LogP) is 2.54. The zero-order chi connectivity index (χ0) is 9.40. The fourth-order valence-corrected chi connectivity index (χ4v) is 3.30. The van der Waals surface area contributed by atoms with E-state index in [-0.39, 0.29) is 17.0 Å². The summed E-state index contributed by atoms with van der Waals surface area (Å²) in [4.78, 5) is 0. The van der Waals surface area contributed by atoms with Gasteiger partial charge in [0.1, 0.15) is 0 Å². The van der Waals surface area contributed by atoms with Crippen LogP contribution in [0.15, 0.2) is 0 Å². The topological polar surface area (TPSA) is 35.2 Å². The van der Waals surface area contributed by atoms with Crippen LogP contribution >= 0.6 is 17.0 Å². The molecule has 0 saturated heterocycles. The van der Waals surface area contributed by atoms with Crippen LogP contribution in [0, 0.1) is 0 Å². The molecule has 0 aromatic rings. The van der Waals surface area contributed by atoms with Gasteiger partial charge in [-0.05, 0) is 0 Å². The summed E-state index contributed by atoms with van der Waals surface area (Å²) in [5.74, 6) is 0. The Labute approximate surface area is 104 Å². The van der Waals surface area contributed by atoms with Crippen LogP contribution in [0.1, 0.15) is 40.0 Å².